The molecule has 1 rings (SSSR count). The van der Waals surface area contributed by atoms with E-state index in [2.05, 4.69) is 10.6 Å². The van der Waals surface area contributed by atoms with Gasteiger partial charge in [-0.3, -0.25) is 0 Å². The molecule has 0 radical (unpaired) electrons. The fourth-order valence-corrected chi connectivity index (χ4v) is 1.37. The van der Waals surface area contributed by atoms with Gasteiger partial charge in [0.2, 0.25) is 0 Å². The fourth-order valence-electron chi connectivity index (χ4n) is 1.37. The molecule has 0 aliphatic rings. The number of ether oxygens (including phenoxy) is 2. The molecule has 0 fully saturated rings. The molecule has 0 saturated carbocycles. The summed E-state index contributed by atoms with van der Waals surface area (Å²) < 4.78 is 10.3. The summed E-state index contributed by atoms with van der Waals surface area (Å²) in [7, 11) is 3.02. The number of hydrogen-bond donors (Lipinski definition) is 3. The molecule has 18 heavy (non-hydrogen) atoms. The van der Waals surface area contributed by atoms with E-state index in [1.165, 1.54) is 14.2 Å². The number of urea groups is 1. The smallest absolute Gasteiger partial charge is 0.319 e. The summed E-state index contributed by atoms with van der Waals surface area (Å²) in [5.41, 5.74) is 0.450. The number of amides is 2. The SMILES string of the molecule is COc1cccc(OC)c1NC(=O)NCC(C)O. The van der Waals surface area contributed by atoms with E-state index in [4.69, 9.17) is 14.6 Å². The largest absolute Gasteiger partial charge is 0.494 e. The number of hydrogen-bond acceptors (Lipinski definition) is 4. The van der Waals surface area contributed by atoms with Crippen LogP contribution >= 0.6 is 0 Å². The molecule has 0 heterocycles. The van der Waals surface area contributed by atoms with Crippen molar-refractivity contribution >= 4 is 11.7 Å². The van der Waals surface area contributed by atoms with E-state index in [-0.39, 0.29) is 6.54 Å². The molecule has 100 valence electrons. The van der Waals surface area contributed by atoms with Crippen molar-refractivity contribution in [1.82, 2.24) is 5.32 Å². The lowest BCUT2D eigenvalue weighted by Crippen LogP contribution is -2.34. The molecular weight excluding hydrogens is 236 g/mol. The van der Waals surface area contributed by atoms with Crippen molar-refractivity contribution in [2.45, 2.75) is 13.0 Å². The van der Waals surface area contributed by atoms with Gasteiger partial charge in [-0.2, -0.15) is 0 Å². The Balaban J connectivity index is 2.79. The van der Waals surface area contributed by atoms with Gasteiger partial charge in [0.15, 0.2) is 0 Å². The molecule has 0 aromatic heterocycles. The second-order valence-electron chi connectivity index (χ2n) is 3.72. The van der Waals surface area contributed by atoms with Gasteiger partial charge in [-0.1, -0.05) is 6.07 Å². The van der Waals surface area contributed by atoms with Crippen molar-refractivity contribution in [2.24, 2.45) is 0 Å². The minimum atomic E-state index is -0.602. The van der Waals surface area contributed by atoms with Crippen LogP contribution in [-0.4, -0.2) is 38.0 Å². The van der Waals surface area contributed by atoms with E-state index in [0.29, 0.717) is 17.2 Å². The second-order valence-corrected chi connectivity index (χ2v) is 3.72. The predicted molar refractivity (Wildman–Crippen MR) is 68.2 cm³/mol. The quantitative estimate of drug-likeness (QED) is 0.737. The van der Waals surface area contributed by atoms with Crippen LogP contribution in [0.1, 0.15) is 6.92 Å². The highest BCUT2D eigenvalue weighted by Gasteiger charge is 2.12. The van der Waals surface area contributed by atoms with Crippen LogP contribution in [-0.2, 0) is 0 Å². The number of aliphatic hydroxyl groups is 1. The van der Waals surface area contributed by atoms with Crippen molar-refractivity contribution in [3.8, 4) is 11.5 Å². The number of anilines is 1. The van der Waals surface area contributed by atoms with E-state index in [1.54, 1.807) is 25.1 Å². The predicted octanol–water partition coefficient (Wildman–Crippen LogP) is 1.21. The zero-order chi connectivity index (χ0) is 13.5. The Morgan fingerprint density at radius 2 is 1.89 bits per heavy atom. The average Bonchev–Trinajstić information content (AvgIpc) is 2.36. The van der Waals surface area contributed by atoms with Crippen molar-refractivity contribution < 1.29 is 19.4 Å². The first-order valence-corrected chi connectivity index (χ1v) is 5.52. The summed E-state index contributed by atoms with van der Waals surface area (Å²) in [4.78, 5) is 11.6. The van der Waals surface area contributed by atoms with Gasteiger partial charge in [0, 0.05) is 6.54 Å². The van der Waals surface area contributed by atoms with Crippen LogP contribution < -0.4 is 20.1 Å². The van der Waals surface area contributed by atoms with Crippen LogP contribution in [0, 0.1) is 0 Å². The number of carbonyl (C=O) groups excluding carboxylic acids is 1. The first-order valence-electron chi connectivity index (χ1n) is 5.52. The maximum Gasteiger partial charge on any atom is 0.319 e. The van der Waals surface area contributed by atoms with Crippen molar-refractivity contribution in [2.75, 3.05) is 26.1 Å². The van der Waals surface area contributed by atoms with Gasteiger partial charge in [-0.15, -0.1) is 0 Å². The summed E-state index contributed by atoms with van der Waals surface area (Å²) in [6.07, 6.45) is -0.602. The lowest BCUT2D eigenvalue weighted by atomic mass is 10.2. The van der Waals surface area contributed by atoms with E-state index >= 15 is 0 Å². The maximum absolute atomic E-state index is 11.6. The molecule has 0 aliphatic carbocycles. The average molecular weight is 254 g/mol. The molecule has 1 aromatic rings. The van der Waals surface area contributed by atoms with E-state index < -0.39 is 12.1 Å². The minimum Gasteiger partial charge on any atom is -0.494 e. The first-order chi connectivity index (χ1) is 8.58. The summed E-state index contributed by atoms with van der Waals surface area (Å²) in [5, 5.41) is 14.2. The van der Waals surface area contributed by atoms with E-state index in [1.807, 2.05) is 0 Å². The molecule has 1 atom stereocenters. The lowest BCUT2D eigenvalue weighted by Gasteiger charge is -2.14. The molecule has 2 amide bonds. The number of nitrogens with one attached hydrogen (secondary N) is 2. The summed E-state index contributed by atoms with van der Waals surface area (Å²) in [6.45, 7) is 1.76. The minimum absolute atomic E-state index is 0.170. The monoisotopic (exact) mass is 254 g/mol. The first kappa shape index (κ1) is 14.1. The third kappa shape index (κ3) is 3.81. The van der Waals surface area contributed by atoms with Crippen molar-refractivity contribution in [1.29, 1.82) is 0 Å². The number of para-hydroxylation sites is 1. The van der Waals surface area contributed by atoms with Gasteiger partial charge in [-0.05, 0) is 19.1 Å². The molecule has 1 unspecified atom stereocenters. The van der Waals surface area contributed by atoms with Crippen LogP contribution in [0.3, 0.4) is 0 Å². The number of carbonyl (C=O) groups is 1. The number of methoxy groups -OCH3 is 2. The topological polar surface area (TPSA) is 79.8 Å². The zero-order valence-electron chi connectivity index (χ0n) is 10.7. The van der Waals surface area contributed by atoms with E-state index in [0.717, 1.165) is 0 Å². The second kappa shape index (κ2) is 6.70. The Labute approximate surface area is 106 Å². The Hall–Kier alpha value is -1.95. The van der Waals surface area contributed by atoms with Crippen LogP contribution in [0.4, 0.5) is 10.5 Å². The van der Waals surface area contributed by atoms with Crippen molar-refractivity contribution in [3.63, 3.8) is 0 Å². The third-order valence-electron chi connectivity index (χ3n) is 2.22. The van der Waals surface area contributed by atoms with Crippen molar-refractivity contribution in [3.05, 3.63) is 18.2 Å². The highest BCUT2D eigenvalue weighted by Crippen LogP contribution is 2.33. The molecule has 0 aliphatic heterocycles. The number of aliphatic hydroxyl groups excluding tert-OH is 1. The van der Waals surface area contributed by atoms with Crippen LogP contribution in [0.2, 0.25) is 0 Å². The van der Waals surface area contributed by atoms with Crippen LogP contribution in [0.25, 0.3) is 0 Å². The Morgan fingerprint density at radius 3 is 2.33 bits per heavy atom. The Morgan fingerprint density at radius 1 is 1.33 bits per heavy atom. The standard InChI is InChI=1S/C12H18N2O4/c1-8(15)7-13-12(16)14-11-9(17-2)5-4-6-10(11)18-3/h4-6,8,15H,7H2,1-3H3,(H2,13,14,16). The van der Waals surface area contributed by atoms with Crippen LogP contribution in [0.15, 0.2) is 18.2 Å². The van der Waals surface area contributed by atoms with Gasteiger partial charge in [0.25, 0.3) is 0 Å². The molecule has 0 spiro atoms. The van der Waals surface area contributed by atoms with Crippen LogP contribution in [0.5, 0.6) is 11.5 Å². The van der Waals surface area contributed by atoms with Gasteiger partial charge < -0.3 is 25.2 Å². The molecule has 6 nitrogen and oxygen atoms in total. The molecule has 3 N–H and O–H groups in total. The third-order valence-corrected chi connectivity index (χ3v) is 2.22. The Kier molecular flexibility index (Phi) is 5.26. The highest BCUT2D eigenvalue weighted by atomic mass is 16.5. The molecular formula is C12H18N2O4. The van der Waals surface area contributed by atoms with E-state index in [9.17, 15) is 4.79 Å². The summed E-state index contributed by atoms with van der Waals surface area (Å²) >= 11 is 0. The highest BCUT2D eigenvalue weighted by molar-refractivity contribution is 5.92. The van der Waals surface area contributed by atoms with Gasteiger partial charge in [-0.25, -0.2) is 4.79 Å². The fraction of sp³-hybridized carbons (Fsp3) is 0.417. The lowest BCUT2D eigenvalue weighted by molar-refractivity contribution is 0.190. The van der Waals surface area contributed by atoms with Gasteiger partial charge in [0.05, 0.1) is 20.3 Å². The van der Waals surface area contributed by atoms with Gasteiger partial charge in [0.1, 0.15) is 17.2 Å². The molecule has 6 heteroatoms. The maximum atomic E-state index is 11.6. The molecule has 0 bridgehead atoms. The zero-order valence-corrected chi connectivity index (χ0v) is 10.7. The summed E-state index contributed by atoms with van der Waals surface area (Å²) in [5.74, 6) is 1.00. The Bertz CT molecular complexity index is 385. The number of benzene rings is 1. The summed E-state index contributed by atoms with van der Waals surface area (Å²) in [6, 6.07) is 4.76. The molecule has 0 saturated heterocycles. The number of rotatable bonds is 5. The van der Waals surface area contributed by atoms with Gasteiger partial charge >= 0.3 is 6.03 Å². The molecule has 1 aromatic carbocycles. The normalized spacial score (nSPS) is 11.6.